The molecule has 0 saturated heterocycles. The second kappa shape index (κ2) is 8.43. The number of carboxylic acids is 2. The number of aromatic nitrogens is 2. The van der Waals surface area contributed by atoms with E-state index in [9.17, 15) is 18.0 Å². The van der Waals surface area contributed by atoms with Crippen LogP contribution in [-0.4, -0.2) is 50.3 Å². The van der Waals surface area contributed by atoms with Gasteiger partial charge in [-0.15, -0.1) is 0 Å². The summed E-state index contributed by atoms with van der Waals surface area (Å²) in [5, 5.41) is 13.9. The molecule has 27 heavy (non-hydrogen) atoms. The zero-order valence-corrected chi connectivity index (χ0v) is 14.6. The third-order valence-electron chi connectivity index (χ3n) is 3.43. The Morgan fingerprint density at radius 3 is 2.07 bits per heavy atom. The van der Waals surface area contributed by atoms with E-state index in [1.807, 2.05) is 42.5 Å². The molecule has 10 heteroatoms. The van der Waals surface area contributed by atoms with Crippen LogP contribution in [0.15, 0.2) is 54.6 Å². The van der Waals surface area contributed by atoms with Crippen LogP contribution >= 0.6 is 0 Å². The summed E-state index contributed by atoms with van der Waals surface area (Å²) in [7, 11) is -4.84. The summed E-state index contributed by atoms with van der Waals surface area (Å²) >= 11 is 0. The molecule has 4 N–H and O–H groups in total. The van der Waals surface area contributed by atoms with E-state index in [4.69, 9.17) is 14.8 Å². The second-order valence-electron chi connectivity index (χ2n) is 5.41. The van der Waals surface area contributed by atoms with E-state index in [2.05, 4.69) is 22.1 Å². The molecule has 0 spiro atoms. The number of fused-ring (bicyclic) bond motifs is 1. The lowest BCUT2D eigenvalue weighted by Gasteiger charge is -2.04. The molecule has 1 atom stereocenters. The number of carboxylic acid groups (broad SMARTS) is 2. The highest BCUT2D eigenvalue weighted by Gasteiger charge is 2.33. The molecule has 2 aromatic carbocycles. The highest BCUT2D eigenvalue weighted by Crippen LogP contribution is 2.19. The molecule has 0 radical (unpaired) electrons. The number of nitrogens with zero attached hydrogens (tertiary/aromatic N) is 1. The molecule has 0 aliphatic rings. The fourth-order valence-electron chi connectivity index (χ4n) is 2.16. The molecular formula is C17H16N2O7S. The van der Waals surface area contributed by atoms with Crippen molar-refractivity contribution in [2.45, 2.75) is 11.7 Å². The summed E-state index contributed by atoms with van der Waals surface area (Å²) < 4.78 is 28.7. The molecule has 0 aliphatic heterocycles. The molecule has 0 bridgehead atoms. The van der Waals surface area contributed by atoms with Crippen LogP contribution in [0.2, 0.25) is 0 Å². The lowest BCUT2D eigenvalue weighted by Crippen LogP contribution is -2.31. The molecule has 142 valence electrons. The maximum absolute atomic E-state index is 10.2. The summed E-state index contributed by atoms with van der Waals surface area (Å²) in [5.41, 5.74) is 3.21. The average Bonchev–Trinajstić information content (AvgIpc) is 3.04. The van der Waals surface area contributed by atoms with Gasteiger partial charge < -0.3 is 15.2 Å². The topological polar surface area (TPSA) is 158 Å². The Hall–Kier alpha value is -3.24. The van der Waals surface area contributed by atoms with Crippen molar-refractivity contribution in [2.24, 2.45) is 0 Å². The highest BCUT2D eigenvalue weighted by atomic mass is 32.2. The Bertz CT molecular complexity index is 1010. The van der Waals surface area contributed by atoms with Crippen LogP contribution in [0.5, 0.6) is 0 Å². The molecule has 1 heterocycles. The number of hydrogen-bond acceptors (Lipinski definition) is 5. The van der Waals surface area contributed by atoms with Crippen LogP contribution in [-0.2, 0) is 19.7 Å². The molecule has 1 aromatic heterocycles. The van der Waals surface area contributed by atoms with Gasteiger partial charge in [0.1, 0.15) is 5.82 Å². The number of nitrogens with one attached hydrogen (secondary N) is 1. The fourth-order valence-corrected chi connectivity index (χ4v) is 2.77. The van der Waals surface area contributed by atoms with Gasteiger partial charge in [0.2, 0.25) is 0 Å². The first-order valence-corrected chi connectivity index (χ1v) is 9.10. The maximum Gasteiger partial charge on any atom is 0.325 e. The zero-order chi connectivity index (χ0) is 20.0. The Kier molecular flexibility index (Phi) is 6.27. The molecular weight excluding hydrogens is 376 g/mol. The zero-order valence-electron chi connectivity index (χ0n) is 13.8. The predicted molar refractivity (Wildman–Crippen MR) is 96.8 cm³/mol. The Labute approximate surface area is 154 Å². The van der Waals surface area contributed by atoms with Crippen LogP contribution in [0.1, 0.15) is 6.42 Å². The van der Waals surface area contributed by atoms with E-state index in [1.165, 1.54) is 0 Å². The molecule has 0 amide bonds. The summed E-state index contributed by atoms with van der Waals surface area (Å²) in [6.45, 7) is 0. The third-order valence-corrected chi connectivity index (χ3v) is 4.52. The largest absolute Gasteiger partial charge is 0.481 e. The van der Waals surface area contributed by atoms with Gasteiger partial charge in [-0.05, 0) is 12.1 Å². The number of para-hydroxylation sites is 2. The number of carbonyl (C=O) groups is 2. The van der Waals surface area contributed by atoms with Crippen molar-refractivity contribution in [3.05, 3.63) is 54.6 Å². The molecule has 0 fully saturated rings. The summed E-state index contributed by atoms with van der Waals surface area (Å²) in [6.07, 6.45) is -1.16. The third kappa shape index (κ3) is 5.62. The SMILES string of the molecule is O=C(O)CC(C(=O)O)S(=O)(=O)O.c1ccc(-c2nc3ccccc3[nH]2)cc1. The number of imidazole rings is 1. The van der Waals surface area contributed by atoms with Crippen molar-refractivity contribution in [1.82, 2.24) is 9.97 Å². The van der Waals surface area contributed by atoms with Crippen LogP contribution in [0.4, 0.5) is 0 Å². The molecule has 3 rings (SSSR count). The van der Waals surface area contributed by atoms with E-state index in [1.54, 1.807) is 0 Å². The first-order chi connectivity index (χ1) is 12.7. The first-order valence-electron chi connectivity index (χ1n) is 7.59. The van der Waals surface area contributed by atoms with Gasteiger partial charge in [-0.3, -0.25) is 14.1 Å². The number of rotatable bonds is 5. The van der Waals surface area contributed by atoms with Gasteiger partial charge in [-0.25, -0.2) is 4.98 Å². The number of hydrogen-bond donors (Lipinski definition) is 4. The van der Waals surface area contributed by atoms with Crippen LogP contribution < -0.4 is 0 Å². The molecule has 3 aromatic rings. The Morgan fingerprint density at radius 1 is 1.00 bits per heavy atom. The van der Waals surface area contributed by atoms with Gasteiger partial charge in [0.25, 0.3) is 10.1 Å². The lowest BCUT2D eigenvalue weighted by molar-refractivity contribution is -0.143. The molecule has 9 nitrogen and oxygen atoms in total. The van der Waals surface area contributed by atoms with Crippen LogP contribution in [0.3, 0.4) is 0 Å². The van der Waals surface area contributed by atoms with Gasteiger partial charge in [0.05, 0.1) is 17.5 Å². The van der Waals surface area contributed by atoms with Crippen molar-refractivity contribution in [3.63, 3.8) is 0 Å². The van der Waals surface area contributed by atoms with E-state index in [-0.39, 0.29) is 0 Å². The number of aromatic amines is 1. The second-order valence-corrected chi connectivity index (χ2v) is 7.01. The molecule has 0 saturated carbocycles. The normalized spacial score (nSPS) is 12.0. The van der Waals surface area contributed by atoms with Crippen molar-refractivity contribution >= 4 is 33.1 Å². The smallest absolute Gasteiger partial charge is 0.325 e. The van der Waals surface area contributed by atoms with Crippen molar-refractivity contribution in [2.75, 3.05) is 0 Å². The quantitative estimate of drug-likeness (QED) is 0.480. The average molecular weight is 392 g/mol. The van der Waals surface area contributed by atoms with Gasteiger partial charge in [-0.2, -0.15) is 8.42 Å². The van der Waals surface area contributed by atoms with E-state index >= 15 is 0 Å². The highest BCUT2D eigenvalue weighted by molar-refractivity contribution is 7.87. The van der Waals surface area contributed by atoms with Crippen LogP contribution in [0, 0.1) is 0 Å². The lowest BCUT2D eigenvalue weighted by atomic mass is 10.2. The van der Waals surface area contributed by atoms with Crippen molar-refractivity contribution < 1.29 is 32.8 Å². The number of benzene rings is 2. The van der Waals surface area contributed by atoms with Gasteiger partial charge >= 0.3 is 11.9 Å². The number of aliphatic carboxylic acids is 2. The molecule has 0 aliphatic carbocycles. The summed E-state index contributed by atoms with van der Waals surface area (Å²) in [5.74, 6) is -2.57. The Morgan fingerprint density at radius 2 is 1.59 bits per heavy atom. The number of H-pyrrole nitrogens is 1. The van der Waals surface area contributed by atoms with Gasteiger partial charge in [0, 0.05) is 5.56 Å². The minimum atomic E-state index is -4.84. The monoisotopic (exact) mass is 392 g/mol. The van der Waals surface area contributed by atoms with E-state index < -0.39 is 33.7 Å². The minimum Gasteiger partial charge on any atom is -0.481 e. The van der Waals surface area contributed by atoms with Gasteiger partial charge in [-0.1, -0.05) is 42.5 Å². The first kappa shape index (κ1) is 20.1. The van der Waals surface area contributed by atoms with Crippen molar-refractivity contribution in [3.8, 4) is 11.4 Å². The van der Waals surface area contributed by atoms with Crippen molar-refractivity contribution in [1.29, 1.82) is 0 Å². The molecule has 1 unspecified atom stereocenters. The summed E-state index contributed by atoms with van der Waals surface area (Å²) in [6, 6.07) is 18.2. The predicted octanol–water partition coefficient (Wildman–Crippen LogP) is 2.03. The maximum atomic E-state index is 10.2. The van der Waals surface area contributed by atoms with Crippen LogP contribution in [0.25, 0.3) is 22.4 Å². The van der Waals surface area contributed by atoms with E-state index in [0.717, 1.165) is 22.4 Å². The van der Waals surface area contributed by atoms with Gasteiger partial charge in [0.15, 0.2) is 5.25 Å². The minimum absolute atomic E-state index is 0.928. The fraction of sp³-hybridized carbons (Fsp3) is 0.118. The summed E-state index contributed by atoms with van der Waals surface area (Å²) in [4.78, 5) is 27.8. The van der Waals surface area contributed by atoms with E-state index in [0.29, 0.717) is 0 Å². The Balaban J connectivity index is 0.000000201. The standard InChI is InChI=1S/C13H10N2.C4H6O7S/c1-2-6-10(7-3-1)13-14-11-8-4-5-9-12(11)15-13;5-3(6)1-2(4(7)8)12(9,10)11/h1-9H,(H,14,15);2H,1H2,(H,5,6)(H,7,8)(H,9,10,11).